The summed E-state index contributed by atoms with van der Waals surface area (Å²) in [6.07, 6.45) is 1.68. The number of hydrogen-bond acceptors (Lipinski definition) is 3. The van der Waals surface area contributed by atoms with E-state index in [4.69, 9.17) is 5.73 Å². The molecule has 0 unspecified atom stereocenters. The van der Waals surface area contributed by atoms with Crippen LogP contribution in [-0.2, 0) is 6.54 Å². The van der Waals surface area contributed by atoms with Gasteiger partial charge in [-0.15, -0.1) is 0 Å². The molecule has 0 saturated heterocycles. The van der Waals surface area contributed by atoms with Crippen LogP contribution in [0.15, 0.2) is 84.9 Å². The Morgan fingerprint density at radius 1 is 0.923 bits per heavy atom. The Bertz CT molecular complexity index is 912. The second-order valence-corrected chi connectivity index (χ2v) is 6.20. The predicted octanol–water partition coefficient (Wildman–Crippen LogP) is 4.59. The fourth-order valence-corrected chi connectivity index (χ4v) is 2.75. The van der Waals surface area contributed by atoms with Crippen LogP contribution in [0.4, 0.5) is 5.69 Å². The first kappa shape index (κ1) is 17.5. The van der Waals surface area contributed by atoms with Gasteiger partial charge >= 0.3 is 0 Å². The maximum atomic E-state index is 12.7. The molecule has 0 amide bonds. The van der Waals surface area contributed by atoms with Crippen molar-refractivity contribution < 1.29 is 4.79 Å². The zero-order chi connectivity index (χ0) is 18.4. The number of nitrogens with one attached hydrogen (secondary N) is 1. The highest BCUT2D eigenvalue weighted by Crippen LogP contribution is 2.18. The van der Waals surface area contributed by atoms with E-state index in [2.05, 4.69) is 5.32 Å². The highest BCUT2D eigenvalue weighted by molar-refractivity contribution is 6.08. The van der Waals surface area contributed by atoms with Crippen LogP contribution in [0.2, 0.25) is 0 Å². The second kappa shape index (κ2) is 8.17. The van der Waals surface area contributed by atoms with Gasteiger partial charge in [-0.2, -0.15) is 0 Å². The van der Waals surface area contributed by atoms with Crippen molar-refractivity contribution in [1.29, 1.82) is 0 Å². The molecule has 0 aliphatic carbocycles. The first-order valence-electron chi connectivity index (χ1n) is 8.59. The van der Waals surface area contributed by atoms with Gasteiger partial charge in [-0.05, 0) is 30.2 Å². The molecule has 0 heterocycles. The molecule has 0 radical (unpaired) electrons. The van der Waals surface area contributed by atoms with Crippen molar-refractivity contribution in [2.75, 3.05) is 5.73 Å². The second-order valence-electron chi connectivity index (χ2n) is 6.20. The van der Waals surface area contributed by atoms with E-state index in [1.165, 1.54) is 0 Å². The minimum absolute atomic E-state index is 0.0198. The SMILES string of the molecule is Cc1ccccc1/C(=C/C(=O)c1ccccc1)NCc1ccc(N)cc1. The van der Waals surface area contributed by atoms with Crippen molar-refractivity contribution >= 4 is 17.2 Å². The average Bonchev–Trinajstić information content (AvgIpc) is 2.67. The molecule has 3 rings (SSSR count). The zero-order valence-electron chi connectivity index (χ0n) is 14.8. The molecule has 0 saturated carbocycles. The predicted molar refractivity (Wildman–Crippen MR) is 108 cm³/mol. The Morgan fingerprint density at radius 3 is 2.27 bits per heavy atom. The lowest BCUT2D eigenvalue weighted by atomic mass is 10.0. The van der Waals surface area contributed by atoms with Gasteiger partial charge in [-0.1, -0.05) is 66.7 Å². The topological polar surface area (TPSA) is 55.1 Å². The highest BCUT2D eigenvalue weighted by Gasteiger charge is 2.09. The molecule has 0 fully saturated rings. The number of carbonyl (C=O) groups is 1. The third-order valence-electron chi connectivity index (χ3n) is 4.23. The smallest absolute Gasteiger partial charge is 0.187 e. The molecule has 0 aliphatic rings. The molecule has 3 aromatic carbocycles. The third-order valence-corrected chi connectivity index (χ3v) is 4.23. The van der Waals surface area contributed by atoms with Crippen molar-refractivity contribution in [3.8, 4) is 0 Å². The van der Waals surface area contributed by atoms with Gasteiger partial charge in [0, 0.05) is 35.1 Å². The lowest BCUT2D eigenvalue weighted by molar-refractivity contribution is 0.104. The number of allylic oxidation sites excluding steroid dienone is 1. The molecular formula is C23H22N2O. The van der Waals surface area contributed by atoms with Crippen molar-refractivity contribution in [3.63, 3.8) is 0 Å². The molecule has 0 aliphatic heterocycles. The summed E-state index contributed by atoms with van der Waals surface area (Å²) in [5, 5.41) is 3.41. The number of anilines is 1. The van der Waals surface area contributed by atoms with Gasteiger partial charge in [-0.3, -0.25) is 4.79 Å². The first-order chi connectivity index (χ1) is 12.6. The van der Waals surface area contributed by atoms with Crippen LogP contribution >= 0.6 is 0 Å². The van der Waals surface area contributed by atoms with E-state index in [1.54, 1.807) is 6.08 Å². The molecule has 26 heavy (non-hydrogen) atoms. The summed E-state index contributed by atoms with van der Waals surface area (Å²) >= 11 is 0. The van der Waals surface area contributed by atoms with Crippen LogP contribution in [0.5, 0.6) is 0 Å². The number of ketones is 1. The van der Waals surface area contributed by atoms with Gasteiger partial charge in [0.05, 0.1) is 0 Å². The number of carbonyl (C=O) groups excluding carboxylic acids is 1. The Kier molecular flexibility index (Phi) is 5.49. The van der Waals surface area contributed by atoms with Crippen LogP contribution in [0.3, 0.4) is 0 Å². The quantitative estimate of drug-likeness (QED) is 0.391. The van der Waals surface area contributed by atoms with Crippen molar-refractivity contribution in [2.24, 2.45) is 0 Å². The molecule has 3 heteroatoms. The lowest BCUT2D eigenvalue weighted by Crippen LogP contribution is -2.14. The Morgan fingerprint density at radius 2 is 1.58 bits per heavy atom. The number of rotatable bonds is 6. The van der Waals surface area contributed by atoms with Crippen molar-refractivity contribution in [3.05, 3.63) is 107 Å². The van der Waals surface area contributed by atoms with Crippen LogP contribution in [-0.4, -0.2) is 5.78 Å². The van der Waals surface area contributed by atoms with E-state index in [9.17, 15) is 4.79 Å². The maximum Gasteiger partial charge on any atom is 0.187 e. The van der Waals surface area contributed by atoms with E-state index < -0.39 is 0 Å². The molecule has 3 N–H and O–H groups in total. The highest BCUT2D eigenvalue weighted by atomic mass is 16.1. The van der Waals surface area contributed by atoms with E-state index in [1.807, 2.05) is 85.8 Å². The van der Waals surface area contributed by atoms with Gasteiger partial charge in [0.2, 0.25) is 0 Å². The van der Waals surface area contributed by atoms with Crippen molar-refractivity contribution in [1.82, 2.24) is 5.32 Å². The fraction of sp³-hybridized carbons (Fsp3) is 0.0870. The summed E-state index contributed by atoms with van der Waals surface area (Å²) in [5.74, 6) is -0.0198. The number of benzene rings is 3. The fourth-order valence-electron chi connectivity index (χ4n) is 2.75. The monoisotopic (exact) mass is 342 g/mol. The zero-order valence-corrected chi connectivity index (χ0v) is 14.8. The molecule has 0 aromatic heterocycles. The number of aryl methyl sites for hydroxylation is 1. The van der Waals surface area contributed by atoms with Gasteiger partial charge in [0.25, 0.3) is 0 Å². The Balaban J connectivity index is 1.89. The minimum Gasteiger partial charge on any atom is -0.399 e. The Labute approximate surface area is 154 Å². The molecule has 0 spiro atoms. The summed E-state index contributed by atoms with van der Waals surface area (Å²) in [6, 6.07) is 25.1. The third kappa shape index (κ3) is 4.39. The normalized spacial score (nSPS) is 11.2. The summed E-state index contributed by atoms with van der Waals surface area (Å²) in [7, 11) is 0. The summed E-state index contributed by atoms with van der Waals surface area (Å²) in [6.45, 7) is 2.66. The van der Waals surface area contributed by atoms with E-state index in [-0.39, 0.29) is 5.78 Å². The van der Waals surface area contributed by atoms with E-state index in [0.29, 0.717) is 12.1 Å². The van der Waals surface area contributed by atoms with Gasteiger partial charge in [0.1, 0.15) is 0 Å². The van der Waals surface area contributed by atoms with Crippen molar-refractivity contribution in [2.45, 2.75) is 13.5 Å². The summed E-state index contributed by atoms with van der Waals surface area (Å²) in [4.78, 5) is 12.7. The standard InChI is InChI=1S/C23H22N2O/c1-17-7-5-6-10-21(17)22(15-23(26)19-8-3-2-4-9-19)25-16-18-11-13-20(24)14-12-18/h2-15,25H,16,24H2,1H3/b22-15-. The lowest BCUT2D eigenvalue weighted by Gasteiger charge is -2.14. The van der Waals surface area contributed by atoms with Crippen LogP contribution in [0, 0.1) is 6.92 Å². The maximum absolute atomic E-state index is 12.7. The number of hydrogen-bond donors (Lipinski definition) is 2. The minimum atomic E-state index is -0.0198. The summed E-state index contributed by atoms with van der Waals surface area (Å²) < 4.78 is 0. The Hall–Kier alpha value is -3.33. The number of nitrogen functional groups attached to an aromatic ring is 1. The molecule has 0 atom stereocenters. The summed E-state index contributed by atoms with van der Waals surface area (Å²) in [5.41, 5.74) is 11.2. The number of nitrogens with two attached hydrogens (primary N) is 1. The average molecular weight is 342 g/mol. The van der Waals surface area contributed by atoms with Crippen LogP contribution in [0.25, 0.3) is 5.70 Å². The van der Waals surface area contributed by atoms with E-state index in [0.717, 1.165) is 28.1 Å². The molecule has 3 aromatic rings. The van der Waals surface area contributed by atoms with Gasteiger partial charge in [0.15, 0.2) is 5.78 Å². The molecule has 0 bridgehead atoms. The van der Waals surface area contributed by atoms with Crippen LogP contribution in [0.1, 0.15) is 27.0 Å². The molecular weight excluding hydrogens is 320 g/mol. The van der Waals surface area contributed by atoms with Gasteiger partial charge in [-0.25, -0.2) is 0 Å². The van der Waals surface area contributed by atoms with E-state index >= 15 is 0 Å². The first-order valence-corrected chi connectivity index (χ1v) is 8.59. The van der Waals surface area contributed by atoms with Gasteiger partial charge < -0.3 is 11.1 Å². The molecule has 3 nitrogen and oxygen atoms in total. The van der Waals surface area contributed by atoms with Crippen LogP contribution < -0.4 is 11.1 Å². The largest absolute Gasteiger partial charge is 0.399 e. The molecule has 130 valence electrons.